The van der Waals surface area contributed by atoms with Gasteiger partial charge in [0.2, 0.25) is 11.6 Å². The van der Waals surface area contributed by atoms with Gasteiger partial charge in [-0.05, 0) is 12.1 Å². The van der Waals surface area contributed by atoms with Gasteiger partial charge in [0.25, 0.3) is 0 Å². The highest BCUT2D eigenvalue weighted by Crippen LogP contribution is 2.40. The Morgan fingerprint density at radius 3 is 2.10 bits per heavy atom. The van der Waals surface area contributed by atoms with E-state index in [4.69, 9.17) is 23.7 Å². The highest BCUT2D eigenvalue weighted by atomic mass is 16.5. The molecule has 1 aromatic carbocycles. The Morgan fingerprint density at radius 1 is 1.10 bits per heavy atom. The van der Waals surface area contributed by atoms with Crippen molar-refractivity contribution in [3.05, 3.63) is 18.0 Å². The van der Waals surface area contributed by atoms with E-state index in [2.05, 4.69) is 10.2 Å². The van der Waals surface area contributed by atoms with Gasteiger partial charge in [-0.2, -0.15) is 0 Å². The second kappa shape index (κ2) is 5.47. The van der Waals surface area contributed by atoms with E-state index in [9.17, 15) is 4.79 Å². The number of nitrogens with zero attached hydrogens (tertiary/aromatic N) is 2. The van der Waals surface area contributed by atoms with Gasteiger partial charge in [0, 0.05) is 5.56 Å². The lowest BCUT2D eigenvalue weighted by atomic mass is 10.2. The van der Waals surface area contributed by atoms with Gasteiger partial charge in [0.15, 0.2) is 11.5 Å². The van der Waals surface area contributed by atoms with Crippen LogP contribution in [-0.4, -0.2) is 42.6 Å². The highest BCUT2D eigenvalue weighted by molar-refractivity contribution is 5.82. The summed E-state index contributed by atoms with van der Waals surface area (Å²) in [6.07, 6.45) is 0. The summed E-state index contributed by atoms with van der Waals surface area (Å²) in [5.41, 5.74) is 0.458. The minimum absolute atomic E-state index is 0.0432. The molecule has 8 heteroatoms. The van der Waals surface area contributed by atoms with Crippen LogP contribution in [0, 0.1) is 0 Å². The predicted octanol–water partition coefficient (Wildman–Crippen LogP) is 1.46. The van der Waals surface area contributed by atoms with E-state index < -0.39 is 11.9 Å². The van der Waals surface area contributed by atoms with Gasteiger partial charge >= 0.3 is 11.9 Å². The zero-order valence-corrected chi connectivity index (χ0v) is 11.0. The molecule has 0 saturated carbocycles. The van der Waals surface area contributed by atoms with E-state index in [1.165, 1.54) is 21.3 Å². The zero-order valence-electron chi connectivity index (χ0n) is 11.0. The third-order valence-electron chi connectivity index (χ3n) is 2.52. The molecular weight excluding hydrogens is 268 g/mol. The molecule has 1 heterocycles. The lowest BCUT2D eigenvalue weighted by Crippen LogP contribution is -1.95. The van der Waals surface area contributed by atoms with E-state index >= 15 is 0 Å². The average Bonchev–Trinajstić information content (AvgIpc) is 2.95. The Hall–Kier alpha value is -2.77. The van der Waals surface area contributed by atoms with Crippen molar-refractivity contribution in [3.63, 3.8) is 0 Å². The Morgan fingerprint density at radius 2 is 1.70 bits per heavy atom. The van der Waals surface area contributed by atoms with Crippen LogP contribution in [0.1, 0.15) is 10.7 Å². The molecule has 0 spiro atoms. The van der Waals surface area contributed by atoms with Crippen LogP contribution in [0.3, 0.4) is 0 Å². The normalized spacial score (nSPS) is 10.2. The average molecular weight is 280 g/mol. The largest absolute Gasteiger partial charge is 0.493 e. The fourth-order valence-corrected chi connectivity index (χ4v) is 1.63. The summed E-state index contributed by atoms with van der Waals surface area (Å²) in [6.45, 7) is 0. The maximum absolute atomic E-state index is 10.7. The molecular formula is C12H12N2O6. The summed E-state index contributed by atoms with van der Waals surface area (Å²) >= 11 is 0. The molecule has 106 valence electrons. The SMILES string of the molecule is COc1cc(-c2nnc(C(=O)O)o2)cc(OC)c1OC. The van der Waals surface area contributed by atoms with Gasteiger partial charge in [-0.15, -0.1) is 10.2 Å². The van der Waals surface area contributed by atoms with Crippen molar-refractivity contribution in [2.45, 2.75) is 0 Å². The molecule has 2 aromatic rings. The Balaban J connectivity index is 2.53. The second-order valence-corrected chi connectivity index (χ2v) is 3.63. The molecule has 0 aliphatic heterocycles. The van der Waals surface area contributed by atoms with Crippen molar-refractivity contribution in [3.8, 4) is 28.7 Å². The number of carboxylic acids is 1. The van der Waals surface area contributed by atoms with E-state index in [1.54, 1.807) is 12.1 Å². The fourth-order valence-electron chi connectivity index (χ4n) is 1.63. The maximum Gasteiger partial charge on any atom is 0.393 e. The number of carbonyl (C=O) groups is 1. The third kappa shape index (κ3) is 2.35. The Bertz CT molecular complexity index is 612. The van der Waals surface area contributed by atoms with Gasteiger partial charge in [0.05, 0.1) is 21.3 Å². The molecule has 0 fully saturated rings. The summed E-state index contributed by atoms with van der Waals surface area (Å²) in [7, 11) is 4.42. The number of aromatic nitrogens is 2. The van der Waals surface area contributed by atoms with Gasteiger partial charge in [-0.1, -0.05) is 0 Å². The number of benzene rings is 1. The minimum Gasteiger partial charge on any atom is -0.493 e. The molecule has 2 rings (SSSR count). The number of hydrogen-bond acceptors (Lipinski definition) is 7. The number of aromatic carboxylic acids is 1. The molecule has 20 heavy (non-hydrogen) atoms. The van der Waals surface area contributed by atoms with Crippen molar-refractivity contribution in [2.75, 3.05) is 21.3 Å². The van der Waals surface area contributed by atoms with Crippen LogP contribution in [0.2, 0.25) is 0 Å². The van der Waals surface area contributed by atoms with E-state index in [1.807, 2.05) is 0 Å². The van der Waals surface area contributed by atoms with Crippen LogP contribution in [0.15, 0.2) is 16.5 Å². The minimum atomic E-state index is -1.30. The second-order valence-electron chi connectivity index (χ2n) is 3.63. The molecule has 0 bridgehead atoms. The van der Waals surface area contributed by atoms with E-state index in [0.29, 0.717) is 22.8 Å². The van der Waals surface area contributed by atoms with Crippen LogP contribution < -0.4 is 14.2 Å². The van der Waals surface area contributed by atoms with Crippen LogP contribution in [-0.2, 0) is 0 Å². The molecule has 0 atom stereocenters. The monoisotopic (exact) mass is 280 g/mol. The third-order valence-corrected chi connectivity index (χ3v) is 2.52. The van der Waals surface area contributed by atoms with E-state index in [0.717, 1.165) is 0 Å². The molecule has 8 nitrogen and oxygen atoms in total. The van der Waals surface area contributed by atoms with Crippen molar-refractivity contribution in [2.24, 2.45) is 0 Å². The van der Waals surface area contributed by atoms with Gasteiger partial charge in [0.1, 0.15) is 0 Å². The summed E-state index contributed by atoms with van der Waals surface area (Å²) in [4.78, 5) is 10.7. The van der Waals surface area contributed by atoms with E-state index in [-0.39, 0.29) is 5.89 Å². The standard InChI is InChI=1S/C12H12N2O6/c1-17-7-4-6(5-8(18-2)9(7)19-3)10-13-14-11(20-10)12(15)16/h4-5H,1-3H3,(H,15,16). The lowest BCUT2D eigenvalue weighted by molar-refractivity contribution is 0.0654. The van der Waals surface area contributed by atoms with Crippen LogP contribution in [0.25, 0.3) is 11.5 Å². The van der Waals surface area contributed by atoms with Crippen molar-refractivity contribution in [1.29, 1.82) is 0 Å². The maximum atomic E-state index is 10.7. The first-order chi connectivity index (χ1) is 9.60. The molecule has 0 amide bonds. The Labute approximate surface area is 113 Å². The fraction of sp³-hybridized carbons (Fsp3) is 0.250. The number of hydrogen-bond donors (Lipinski definition) is 1. The van der Waals surface area contributed by atoms with Crippen molar-refractivity contribution in [1.82, 2.24) is 10.2 Å². The predicted molar refractivity (Wildman–Crippen MR) is 66.3 cm³/mol. The van der Waals surface area contributed by atoms with Crippen LogP contribution in [0.4, 0.5) is 0 Å². The van der Waals surface area contributed by atoms with Crippen molar-refractivity contribution >= 4 is 5.97 Å². The summed E-state index contributed by atoms with van der Waals surface area (Å²) in [6, 6.07) is 3.17. The summed E-state index contributed by atoms with van der Waals surface area (Å²) in [5, 5.41) is 15.8. The molecule has 0 unspecified atom stereocenters. The Kier molecular flexibility index (Phi) is 3.74. The lowest BCUT2D eigenvalue weighted by Gasteiger charge is -2.12. The first-order valence-corrected chi connectivity index (χ1v) is 5.48. The molecule has 1 aromatic heterocycles. The quantitative estimate of drug-likeness (QED) is 0.877. The summed E-state index contributed by atoms with van der Waals surface area (Å²) < 4.78 is 20.6. The molecule has 0 saturated heterocycles. The molecule has 0 aliphatic rings. The zero-order chi connectivity index (χ0) is 14.7. The number of ether oxygens (including phenoxy) is 3. The number of methoxy groups -OCH3 is 3. The summed E-state index contributed by atoms with van der Waals surface area (Å²) in [5.74, 6) is -0.530. The number of rotatable bonds is 5. The number of carboxylic acid groups (broad SMARTS) is 1. The van der Waals surface area contributed by atoms with Gasteiger partial charge in [-0.25, -0.2) is 4.79 Å². The highest BCUT2D eigenvalue weighted by Gasteiger charge is 2.19. The smallest absolute Gasteiger partial charge is 0.393 e. The molecule has 1 N–H and O–H groups in total. The van der Waals surface area contributed by atoms with Gasteiger partial charge < -0.3 is 23.7 Å². The van der Waals surface area contributed by atoms with Crippen LogP contribution in [0.5, 0.6) is 17.2 Å². The van der Waals surface area contributed by atoms with Crippen molar-refractivity contribution < 1.29 is 28.5 Å². The first-order valence-electron chi connectivity index (χ1n) is 5.48. The van der Waals surface area contributed by atoms with Crippen LogP contribution >= 0.6 is 0 Å². The first kappa shape index (κ1) is 13.7. The molecule has 0 aliphatic carbocycles. The molecule has 0 radical (unpaired) electrons. The topological polar surface area (TPSA) is 104 Å². The van der Waals surface area contributed by atoms with Gasteiger partial charge in [-0.3, -0.25) is 0 Å².